The summed E-state index contributed by atoms with van der Waals surface area (Å²) < 4.78 is 8.19. The van der Waals surface area contributed by atoms with Gasteiger partial charge in [0, 0.05) is 38.1 Å². The molecule has 1 aromatic carbocycles. The Morgan fingerprint density at radius 2 is 2.15 bits per heavy atom. The van der Waals surface area contributed by atoms with Gasteiger partial charge in [0.15, 0.2) is 0 Å². The predicted molar refractivity (Wildman–Crippen MR) is 103 cm³/mol. The van der Waals surface area contributed by atoms with Crippen molar-refractivity contribution in [2.24, 2.45) is 5.92 Å². The van der Waals surface area contributed by atoms with Crippen LogP contribution in [-0.2, 0) is 16.1 Å². The first-order chi connectivity index (χ1) is 13.2. The molecule has 0 spiro atoms. The van der Waals surface area contributed by atoms with E-state index in [9.17, 15) is 4.79 Å². The number of ether oxygens (including phenoxy) is 1. The van der Waals surface area contributed by atoms with Gasteiger partial charge in [-0.25, -0.2) is 4.98 Å². The van der Waals surface area contributed by atoms with E-state index in [4.69, 9.17) is 4.74 Å². The summed E-state index contributed by atoms with van der Waals surface area (Å²) in [5.74, 6) is 1.88. The number of para-hydroxylation sites is 2. The van der Waals surface area contributed by atoms with Gasteiger partial charge in [0.1, 0.15) is 5.82 Å². The van der Waals surface area contributed by atoms with Gasteiger partial charge in [-0.05, 0) is 44.2 Å². The van der Waals surface area contributed by atoms with Crippen molar-refractivity contribution in [3.05, 3.63) is 30.1 Å². The number of imidazole rings is 1. The number of nitrogens with zero attached hydrogens (tertiary/aromatic N) is 3. The highest BCUT2D eigenvalue weighted by atomic mass is 16.5. The van der Waals surface area contributed by atoms with Gasteiger partial charge in [-0.15, -0.1) is 0 Å². The molecule has 27 heavy (non-hydrogen) atoms. The van der Waals surface area contributed by atoms with Gasteiger partial charge >= 0.3 is 0 Å². The predicted octanol–water partition coefficient (Wildman–Crippen LogP) is 2.10. The highest BCUT2D eigenvalue weighted by Crippen LogP contribution is 2.37. The topological polar surface area (TPSA) is 59.4 Å². The van der Waals surface area contributed by atoms with Crippen LogP contribution in [0.3, 0.4) is 0 Å². The highest BCUT2D eigenvalue weighted by Gasteiger charge is 2.42. The summed E-state index contributed by atoms with van der Waals surface area (Å²) >= 11 is 0. The minimum atomic E-state index is 0.136. The zero-order valence-electron chi connectivity index (χ0n) is 15.9. The fourth-order valence-corrected chi connectivity index (χ4v) is 4.75. The van der Waals surface area contributed by atoms with Gasteiger partial charge in [-0.1, -0.05) is 12.1 Å². The van der Waals surface area contributed by atoms with Crippen molar-refractivity contribution >= 4 is 16.9 Å². The standard InChI is InChI=1S/C21H28N4O2/c1-14-22-18-4-2-3-5-19(18)25(14)9-8-21(26)23-16-10-17-13-27-20(15-6-7-15)12-24(17)11-16/h2-5,15-17,20H,6-13H2,1H3,(H,23,26)/t16-,17-,20-/m0/s1. The summed E-state index contributed by atoms with van der Waals surface area (Å²) in [4.78, 5) is 19.6. The Balaban J connectivity index is 1.15. The fourth-order valence-electron chi connectivity index (χ4n) is 4.75. The van der Waals surface area contributed by atoms with Crippen molar-refractivity contribution < 1.29 is 9.53 Å². The second-order valence-corrected chi connectivity index (χ2v) is 8.37. The minimum absolute atomic E-state index is 0.136. The summed E-state index contributed by atoms with van der Waals surface area (Å²) in [6.07, 6.45) is 4.57. The number of morpholine rings is 1. The summed E-state index contributed by atoms with van der Waals surface area (Å²) in [5.41, 5.74) is 2.09. The Hall–Kier alpha value is -1.92. The lowest BCUT2D eigenvalue weighted by atomic mass is 10.1. The van der Waals surface area contributed by atoms with Crippen LogP contribution < -0.4 is 5.32 Å². The van der Waals surface area contributed by atoms with Crippen LogP contribution >= 0.6 is 0 Å². The van der Waals surface area contributed by atoms with E-state index in [0.29, 0.717) is 25.1 Å². The second-order valence-electron chi connectivity index (χ2n) is 8.37. The van der Waals surface area contributed by atoms with Crippen LogP contribution in [0.15, 0.2) is 24.3 Å². The number of fused-ring (bicyclic) bond motifs is 2. The van der Waals surface area contributed by atoms with Crippen LogP contribution in [-0.4, -0.2) is 58.2 Å². The lowest BCUT2D eigenvalue weighted by Crippen LogP contribution is -2.47. The molecule has 0 radical (unpaired) electrons. The SMILES string of the molecule is Cc1nc2ccccc2n1CCC(=O)N[C@H]1C[C@H]2CO[C@H](C3CC3)CN2C1. The molecule has 0 bridgehead atoms. The summed E-state index contributed by atoms with van der Waals surface area (Å²) in [7, 11) is 0. The molecule has 0 unspecified atom stereocenters. The van der Waals surface area contributed by atoms with E-state index in [2.05, 4.69) is 25.8 Å². The summed E-state index contributed by atoms with van der Waals surface area (Å²) in [6.45, 7) is 5.51. The lowest BCUT2D eigenvalue weighted by molar-refractivity contribution is -0.121. The van der Waals surface area contributed by atoms with Gasteiger partial charge in [-0.2, -0.15) is 0 Å². The van der Waals surface area contributed by atoms with Crippen molar-refractivity contribution in [2.45, 2.75) is 57.3 Å². The quantitative estimate of drug-likeness (QED) is 0.878. The van der Waals surface area contributed by atoms with E-state index in [1.54, 1.807) is 0 Å². The molecule has 3 heterocycles. The van der Waals surface area contributed by atoms with Crippen LogP contribution in [0, 0.1) is 12.8 Å². The van der Waals surface area contributed by atoms with E-state index in [1.165, 1.54) is 12.8 Å². The zero-order chi connectivity index (χ0) is 18.4. The number of aromatic nitrogens is 2. The molecule has 2 aliphatic heterocycles. The lowest BCUT2D eigenvalue weighted by Gasteiger charge is -2.35. The molecule has 6 heteroatoms. The Labute approximate surface area is 159 Å². The van der Waals surface area contributed by atoms with Crippen molar-refractivity contribution in [2.75, 3.05) is 19.7 Å². The third kappa shape index (κ3) is 3.48. The van der Waals surface area contributed by atoms with Gasteiger partial charge < -0.3 is 14.6 Å². The largest absolute Gasteiger partial charge is 0.375 e. The Morgan fingerprint density at radius 1 is 1.30 bits per heavy atom. The first kappa shape index (κ1) is 17.2. The maximum Gasteiger partial charge on any atom is 0.222 e. The van der Waals surface area contributed by atoms with Crippen molar-refractivity contribution in [1.82, 2.24) is 19.8 Å². The molecule has 6 nitrogen and oxygen atoms in total. The van der Waals surface area contributed by atoms with Crippen LogP contribution in [0.25, 0.3) is 11.0 Å². The van der Waals surface area contributed by atoms with E-state index in [1.807, 2.05) is 25.1 Å². The molecule has 5 rings (SSSR count). The second kappa shape index (κ2) is 6.91. The van der Waals surface area contributed by atoms with Gasteiger partial charge in [0.05, 0.1) is 23.7 Å². The monoisotopic (exact) mass is 368 g/mol. The summed E-state index contributed by atoms with van der Waals surface area (Å²) in [6, 6.07) is 8.84. The van der Waals surface area contributed by atoms with Crippen molar-refractivity contribution in [3.63, 3.8) is 0 Å². The van der Waals surface area contributed by atoms with Crippen LogP contribution in [0.2, 0.25) is 0 Å². The Kier molecular flexibility index (Phi) is 4.40. The van der Waals surface area contributed by atoms with Crippen molar-refractivity contribution in [3.8, 4) is 0 Å². The van der Waals surface area contributed by atoms with Crippen LogP contribution in [0.1, 0.15) is 31.5 Å². The van der Waals surface area contributed by atoms with Crippen LogP contribution in [0.5, 0.6) is 0 Å². The molecule has 3 fully saturated rings. The van der Waals surface area contributed by atoms with Gasteiger partial charge in [-0.3, -0.25) is 9.69 Å². The first-order valence-corrected chi connectivity index (χ1v) is 10.2. The summed E-state index contributed by atoms with van der Waals surface area (Å²) in [5, 5.41) is 3.25. The molecule has 3 atom stereocenters. The number of carbonyl (C=O) groups is 1. The molecular weight excluding hydrogens is 340 g/mol. The normalized spacial score (nSPS) is 28.4. The molecule has 1 aromatic heterocycles. The molecular formula is C21H28N4O2. The van der Waals surface area contributed by atoms with Gasteiger partial charge in [0.2, 0.25) is 5.91 Å². The smallest absolute Gasteiger partial charge is 0.222 e. The third-order valence-corrected chi connectivity index (χ3v) is 6.37. The van der Waals surface area contributed by atoms with E-state index < -0.39 is 0 Å². The van der Waals surface area contributed by atoms with E-state index >= 15 is 0 Å². The van der Waals surface area contributed by atoms with Crippen LogP contribution in [0.4, 0.5) is 0 Å². The molecule has 2 aromatic rings. The molecule has 2 saturated heterocycles. The Bertz CT molecular complexity index is 844. The highest BCUT2D eigenvalue weighted by molar-refractivity contribution is 5.78. The number of nitrogens with one attached hydrogen (secondary N) is 1. The molecule has 1 amide bonds. The number of aryl methyl sites for hydroxylation is 2. The average molecular weight is 368 g/mol. The Morgan fingerprint density at radius 3 is 3.00 bits per heavy atom. The molecule has 1 N–H and O–H groups in total. The van der Waals surface area contributed by atoms with E-state index in [0.717, 1.165) is 48.9 Å². The number of hydrogen-bond donors (Lipinski definition) is 1. The fraction of sp³-hybridized carbons (Fsp3) is 0.619. The van der Waals surface area contributed by atoms with E-state index in [-0.39, 0.29) is 11.9 Å². The average Bonchev–Trinajstić information content (AvgIpc) is 3.35. The first-order valence-electron chi connectivity index (χ1n) is 10.2. The molecule has 3 aliphatic rings. The number of hydrogen-bond acceptors (Lipinski definition) is 4. The minimum Gasteiger partial charge on any atom is -0.375 e. The number of carbonyl (C=O) groups excluding carboxylic acids is 1. The zero-order valence-corrected chi connectivity index (χ0v) is 15.9. The maximum absolute atomic E-state index is 12.5. The number of amides is 1. The number of rotatable bonds is 5. The third-order valence-electron chi connectivity index (χ3n) is 6.37. The van der Waals surface area contributed by atoms with Gasteiger partial charge in [0.25, 0.3) is 0 Å². The number of benzene rings is 1. The van der Waals surface area contributed by atoms with Crippen molar-refractivity contribution in [1.29, 1.82) is 0 Å². The molecule has 144 valence electrons. The molecule has 1 aliphatic carbocycles. The maximum atomic E-state index is 12.5. The molecule has 1 saturated carbocycles.